The van der Waals surface area contributed by atoms with Crippen LogP contribution in [0.15, 0.2) is 47.3 Å². The number of amides is 1. The van der Waals surface area contributed by atoms with Crippen LogP contribution in [0.25, 0.3) is 0 Å². The molecule has 6 nitrogen and oxygen atoms in total. The Labute approximate surface area is 153 Å². The zero-order valence-corrected chi connectivity index (χ0v) is 15.1. The number of carbonyl (C=O) groups excluding carboxylic acids is 1. The lowest BCUT2D eigenvalue weighted by molar-refractivity contribution is 0.0764. The third kappa shape index (κ3) is 4.71. The van der Waals surface area contributed by atoms with Gasteiger partial charge in [-0.15, -0.1) is 0 Å². The van der Waals surface area contributed by atoms with Gasteiger partial charge in [-0.1, -0.05) is 31.0 Å². The minimum absolute atomic E-state index is 0.144. The Morgan fingerprint density at radius 2 is 1.92 bits per heavy atom. The molecule has 2 aromatic rings. The second kappa shape index (κ2) is 8.65. The predicted molar refractivity (Wildman–Crippen MR) is 99.4 cm³/mol. The van der Waals surface area contributed by atoms with Crippen LogP contribution in [0.4, 0.5) is 0 Å². The van der Waals surface area contributed by atoms with E-state index in [0.717, 1.165) is 12.3 Å². The van der Waals surface area contributed by atoms with Crippen LogP contribution in [0, 0.1) is 5.92 Å². The van der Waals surface area contributed by atoms with Crippen LogP contribution >= 0.6 is 0 Å². The van der Waals surface area contributed by atoms with Crippen LogP contribution in [0.1, 0.15) is 36.2 Å². The molecule has 0 unspecified atom stereocenters. The second-order valence-electron chi connectivity index (χ2n) is 6.78. The highest BCUT2D eigenvalue weighted by Crippen LogP contribution is 2.25. The summed E-state index contributed by atoms with van der Waals surface area (Å²) in [5, 5.41) is 4.23. The van der Waals surface area contributed by atoms with Gasteiger partial charge in [0.1, 0.15) is 18.1 Å². The van der Waals surface area contributed by atoms with Gasteiger partial charge < -0.3 is 9.64 Å². The molecule has 0 atom stereocenters. The van der Waals surface area contributed by atoms with Gasteiger partial charge in [-0.25, -0.2) is 4.68 Å². The van der Waals surface area contributed by atoms with Crippen molar-refractivity contribution in [1.29, 1.82) is 0 Å². The molecule has 26 heavy (non-hydrogen) atoms. The highest BCUT2D eigenvalue weighted by Gasteiger charge is 2.21. The summed E-state index contributed by atoms with van der Waals surface area (Å²) in [6.07, 6.45) is 4.86. The molecule has 0 saturated heterocycles. The third-order valence-electron chi connectivity index (χ3n) is 4.75. The van der Waals surface area contributed by atoms with Gasteiger partial charge in [0.2, 0.25) is 0 Å². The fourth-order valence-corrected chi connectivity index (χ4v) is 3.35. The molecule has 0 N–H and O–H groups in total. The smallest absolute Gasteiger partial charge is 0.274 e. The van der Waals surface area contributed by atoms with Gasteiger partial charge in [-0.3, -0.25) is 9.59 Å². The monoisotopic (exact) mass is 355 g/mol. The molecule has 1 fully saturated rings. The minimum Gasteiger partial charge on any atom is -0.492 e. The number of nitrogens with zero attached hydrogens (tertiary/aromatic N) is 3. The normalized spacial score (nSPS) is 14.3. The number of aromatic nitrogens is 2. The Hall–Kier alpha value is -2.63. The fourth-order valence-electron chi connectivity index (χ4n) is 3.35. The Morgan fingerprint density at radius 1 is 1.19 bits per heavy atom. The van der Waals surface area contributed by atoms with E-state index in [-0.39, 0.29) is 11.5 Å². The van der Waals surface area contributed by atoms with Crippen molar-refractivity contribution in [2.45, 2.75) is 32.2 Å². The molecule has 0 bridgehead atoms. The number of ether oxygens (including phenoxy) is 1. The average molecular weight is 355 g/mol. The van der Waals surface area contributed by atoms with Crippen molar-refractivity contribution >= 4 is 5.91 Å². The first-order valence-electron chi connectivity index (χ1n) is 9.15. The molecular weight excluding hydrogens is 330 g/mol. The summed E-state index contributed by atoms with van der Waals surface area (Å²) in [7, 11) is 1.80. The number of benzene rings is 1. The third-order valence-corrected chi connectivity index (χ3v) is 4.75. The molecule has 1 heterocycles. The summed E-state index contributed by atoms with van der Waals surface area (Å²) in [4.78, 5) is 26.3. The first-order chi connectivity index (χ1) is 12.6. The summed E-state index contributed by atoms with van der Waals surface area (Å²) in [6.45, 7) is 1.35. The average Bonchev–Trinajstić information content (AvgIpc) is 3.16. The van der Waals surface area contributed by atoms with E-state index in [1.807, 2.05) is 30.3 Å². The maximum atomic E-state index is 12.6. The topological polar surface area (TPSA) is 64.4 Å². The molecule has 0 spiro atoms. The van der Waals surface area contributed by atoms with Crippen LogP contribution in [0.5, 0.6) is 5.75 Å². The quantitative estimate of drug-likeness (QED) is 0.766. The highest BCUT2D eigenvalue weighted by atomic mass is 16.5. The highest BCUT2D eigenvalue weighted by molar-refractivity contribution is 5.91. The standard InChI is InChI=1S/C20H25N3O3/c1-22(15-16-7-5-6-8-16)20(25)18-11-12-19(24)23(21-18)13-14-26-17-9-3-2-4-10-17/h2-4,9-12,16H,5-8,13-15H2,1H3. The van der Waals surface area contributed by atoms with E-state index in [1.165, 1.54) is 42.5 Å². The zero-order chi connectivity index (χ0) is 18.4. The molecular formula is C20H25N3O3. The van der Waals surface area contributed by atoms with Crippen molar-refractivity contribution in [3.05, 3.63) is 58.5 Å². The molecule has 0 aliphatic heterocycles. The molecule has 1 amide bonds. The lowest BCUT2D eigenvalue weighted by Gasteiger charge is -2.20. The summed E-state index contributed by atoms with van der Waals surface area (Å²) in [6, 6.07) is 12.3. The van der Waals surface area contributed by atoms with E-state index in [0.29, 0.717) is 24.8 Å². The van der Waals surface area contributed by atoms with Crippen LogP contribution in [0.3, 0.4) is 0 Å². The summed E-state index contributed by atoms with van der Waals surface area (Å²) in [5.41, 5.74) is 0.0569. The minimum atomic E-state index is -0.239. The van der Waals surface area contributed by atoms with Crippen molar-refractivity contribution < 1.29 is 9.53 Å². The second-order valence-corrected chi connectivity index (χ2v) is 6.78. The maximum Gasteiger partial charge on any atom is 0.274 e. The van der Waals surface area contributed by atoms with Gasteiger partial charge in [-0.05, 0) is 37.0 Å². The van der Waals surface area contributed by atoms with Crippen molar-refractivity contribution in [3.63, 3.8) is 0 Å². The van der Waals surface area contributed by atoms with Gasteiger partial charge in [0.15, 0.2) is 0 Å². The van der Waals surface area contributed by atoms with E-state index >= 15 is 0 Å². The first kappa shape index (κ1) is 18.2. The number of hydrogen-bond acceptors (Lipinski definition) is 4. The number of hydrogen-bond donors (Lipinski definition) is 0. The van der Waals surface area contributed by atoms with E-state index < -0.39 is 0 Å². The SMILES string of the molecule is CN(CC1CCCC1)C(=O)c1ccc(=O)n(CCOc2ccccc2)n1. The number of rotatable bonds is 7. The Balaban J connectivity index is 1.60. The zero-order valence-electron chi connectivity index (χ0n) is 15.1. The van der Waals surface area contributed by atoms with E-state index in [4.69, 9.17) is 4.74 Å². The van der Waals surface area contributed by atoms with Gasteiger partial charge >= 0.3 is 0 Å². The van der Waals surface area contributed by atoms with Crippen LogP contribution in [-0.4, -0.2) is 40.8 Å². The van der Waals surface area contributed by atoms with Crippen molar-refractivity contribution in [3.8, 4) is 5.75 Å². The summed E-state index contributed by atoms with van der Waals surface area (Å²) >= 11 is 0. The lowest BCUT2D eigenvalue weighted by atomic mass is 10.1. The molecule has 6 heteroatoms. The van der Waals surface area contributed by atoms with Gasteiger partial charge in [0.25, 0.3) is 11.5 Å². The molecule has 3 rings (SSSR count). The number of para-hydroxylation sites is 1. The molecule has 0 radical (unpaired) electrons. The van der Waals surface area contributed by atoms with E-state index in [9.17, 15) is 9.59 Å². The predicted octanol–water partition coefficient (Wildman–Crippen LogP) is 2.58. The Bertz CT molecular complexity index is 782. The van der Waals surface area contributed by atoms with E-state index in [2.05, 4.69) is 5.10 Å². The van der Waals surface area contributed by atoms with Gasteiger partial charge in [0.05, 0.1) is 6.54 Å². The maximum absolute atomic E-state index is 12.6. The van der Waals surface area contributed by atoms with Crippen LogP contribution in [-0.2, 0) is 6.54 Å². The largest absolute Gasteiger partial charge is 0.492 e. The van der Waals surface area contributed by atoms with Crippen LogP contribution in [0.2, 0.25) is 0 Å². The first-order valence-corrected chi connectivity index (χ1v) is 9.15. The Morgan fingerprint density at radius 3 is 2.65 bits per heavy atom. The van der Waals surface area contributed by atoms with Crippen molar-refractivity contribution in [1.82, 2.24) is 14.7 Å². The van der Waals surface area contributed by atoms with Gasteiger partial charge in [-0.2, -0.15) is 5.10 Å². The molecule has 138 valence electrons. The Kier molecular flexibility index (Phi) is 6.04. The van der Waals surface area contributed by atoms with Crippen molar-refractivity contribution in [2.75, 3.05) is 20.2 Å². The van der Waals surface area contributed by atoms with Gasteiger partial charge in [0, 0.05) is 19.7 Å². The molecule has 1 aromatic carbocycles. The molecule has 1 aliphatic carbocycles. The lowest BCUT2D eigenvalue weighted by Crippen LogP contribution is -2.34. The molecule has 1 aliphatic rings. The van der Waals surface area contributed by atoms with Crippen molar-refractivity contribution in [2.24, 2.45) is 5.92 Å². The fraction of sp³-hybridized carbons (Fsp3) is 0.450. The number of carbonyl (C=O) groups is 1. The molecule has 1 aromatic heterocycles. The summed E-state index contributed by atoms with van der Waals surface area (Å²) in [5.74, 6) is 1.17. The van der Waals surface area contributed by atoms with Crippen LogP contribution < -0.4 is 10.3 Å². The van der Waals surface area contributed by atoms with E-state index in [1.54, 1.807) is 11.9 Å². The summed E-state index contributed by atoms with van der Waals surface area (Å²) < 4.78 is 6.90. The molecule has 1 saturated carbocycles.